The van der Waals surface area contributed by atoms with Crippen molar-refractivity contribution in [3.63, 3.8) is 0 Å². The van der Waals surface area contributed by atoms with Gasteiger partial charge in [-0.1, -0.05) is 20.8 Å². The van der Waals surface area contributed by atoms with Crippen molar-refractivity contribution in [2.45, 2.75) is 39.7 Å². The van der Waals surface area contributed by atoms with E-state index in [4.69, 9.17) is 4.74 Å². The predicted octanol–water partition coefficient (Wildman–Crippen LogP) is 1.73. The molecule has 3 nitrogen and oxygen atoms in total. The summed E-state index contributed by atoms with van der Waals surface area (Å²) in [4.78, 5) is 2.62. The maximum atomic E-state index is 5.64. The quantitative estimate of drug-likeness (QED) is 0.792. The Bertz CT molecular complexity index is 242. The summed E-state index contributed by atoms with van der Waals surface area (Å²) in [5, 5.41) is 3.62. The van der Waals surface area contributed by atoms with Gasteiger partial charge in [0.15, 0.2) is 0 Å². The maximum Gasteiger partial charge on any atom is 0.0623 e. The highest BCUT2D eigenvalue weighted by Gasteiger charge is 2.34. The number of likely N-dealkylation sites (tertiary alicyclic amines) is 1. The summed E-state index contributed by atoms with van der Waals surface area (Å²) in [5.41, 5.74) is 0.520. The largest absolute Gasteiger partial charge is 0.379 e. The van der Waals surface area contributed by atoms with Crippen LogP contribution < -0.4 is 5.32 Å². The number of nitrogens with zero attached hydrogens (tertiary/aromatic N) is 1. The molecular formula is C14H28N2O. The zero-order valence-corrected chi connectivity index (χ0v) is 11.7. The molecule has 3 heteroatoms. The SMILES string of the molecule is CCCNC1COCC1CN1CCC(C)(C)C1. The Kier molecular flexibility index (Phi) is 4.45. The van der Waals surface area contributed by atoms with Crippen LogP contribution in [0.25, 0.3) is 0 Å². The molecule has 2 saturated heterocycles. The lowest BCUT2D eigenvalue weighted by atomic mass is 9.93. The van der Waals surface area contributed by atoms with Gasteiger partial charge in [-0.25, -0.2) is 0 Å². The van der Waals surface area contributed by atoms with Crippen molar-refractivity contribution in [2.24, 2.45) is 11.3 Å². The van der Waals surface area contributed by atoms with Crippen LogP contribution in [0.15, 0.2) is 0 Å². The number of hydrogen-bond acceptors (Lipinski definition) is 3. The van der Waals surface area contributed by atoms with E-state index in [-0.39, 0.29) is 0 Å². The van der Waals surface area contributed by atoms with Crippen LogP contribution >= 0.6 is 0 Å². The number of hydrogen-bond donors (Lipinski definition) is 1. The van der Waals surface area contributed by atoms with E-state index in [2.05, 4.69) is 31.0 Å². The molecule has 2 unspecified atom stereocenters. The number of rotatable bonds is 5. The number of nitrogens with one attached hydrogen (secondary N) is 1. The Morgan fingerprint density at radius 2 is 2.18 bits per heavy atom. The van der Waals surface area contributed by atoms with Crippen molar-refractivity contribution in [2.75, 3.05) is 39.4 Å². The molecule has 0 aliphatic carbocycles. The Labute approximate surface area is 106 Å². The first-order chi connectivity index (χ1) is 8.11. The highest BCUT2D eigenvalue weighted by atomic mass is 16.5. The first-order valence-corrected chi connectivity index (χ1v) is 7.14. The molecule has 1 N–H and O–H groups in total. The Balaban J connectivity index is 1.78. The maximum absolute atomic E-state index is 5.64. The van der Waals surface area contributed by atoms with Crippen LogP contribution in [0.5, 0.6) is 0 Å². The molecule has 0 aromatic heterocycles. The van der Waals surface area contributed by atoms with Gasteiger partial charge in [-0.3, -0.25) is 0 Å². The molecule has 0 aromatic rings. The molecule has 0 amide bonds. The molecule has 2 atom stereocenters. The third-order valence-corrected chi connectivity index (χ3v) is 4.10. The molecule has 2 fully saturated rings. The molecule has 100 valence electrons. The second-order valence-electron chi connectivity index (χ2n) is 6.51. The van der Waals surface area contributed by atoms with Gasteiger partial charge in [0.25, 0.3) is 0 Å². The second-order valence-corrected chi connectivity index (χ2v) is 6.51. The van der Waals surface area contributed by atoms with Crippen molar-refractivity contribution in [3.05, 3.63) is 0 Å². The average Bonchev–Trinajstić information content (AvgIpc) is 2.83. The third kappa shape index (κ3) is 3.67. The highest BCUT2D eigenvalue weighted by molar-refractivity contribution is 4.88. The van der Waals surface area contributed by atoms with E-state index in [1.165, 1.54) is 32.5 Å². The lowest BCUT2D eigenvalue weighted by Gasteiger charge is -2.25. The molecule has 2 heterocycles. The molecule has 0 bridgehead atoms. The van der Waals surface area contributed by atoms with Crippen LogP contribution in [0.4, 0.5) is 0 Å². The molecule has 2 aliphatic heterocycles. The topological polar surface area (TPSA) is 24.5 Å². The summed E-state index contributed by atoms with van der Waals surface area (Å²) in [7, 11) is 0. The summed E-state index contributed by atoms with van der Waals surface area (Å²) in [6.07, 6.45) is 2.55. The van der Waals surface area contributed by atoms with Crippen molar-refractivity contribution in [3.8, 4) is 0 Å². The standard InChI is InChI=1S/C14H28N2O/c1-4-6-15-13-10-17-9-12(13)8-16-7-5-14(2,3)11-16/h12-13,15H,4-11H2,1-3H3. The fourth-order valence-electron chi connectivity index (χ4n) is 3.05. The van der Waals surface area contributed by atoms with E-state index in [1.54, 1.807) is 0 Å². The van der Waals surface area contributed by atoms with Gasteiger partial charge in [0.05, 0.1) is 13.2 Å². The molecule has 17 heavy (non-hydrogen) atoms. The highest BCUT2D eigenvalue weighted by Crippen LogP contribution is 2.30. The Morgan fingerprint density at radius 1 is 1.35 bits per heavy atom. The molecule has 2 rings (SSSR count). The molecule has 0 saturated carbocycles. The van der Waals surface area contributed by atoms with Gasteiger partial charge >= 0.3 is 0 Å². The van der Waals surface area contributed by atoms with Gasteiger partial charge in [-0.2, -0.15) is 0 Å². The summed E-state index contributed by atoms with van der Waals surface area (Å²) in [6.45, 7) is 13.7. The van der Waals surface area contributed by atoms with E-state index >= 15 is 0 Å². The van der Waals surface area contributed by atoms with Crippen LogP contribution in [0.3, 0.4) is 0 Å². The zero-order valence-electron chi connectivity index (χ0n) is 11.7. The minimum atomic E-state index is 0.520. The van der Waals surface area contributed by atoms with Gasteiger partial charge in [-0.05, 0) is 31.3 Å². The Morgan fingerprint density at radius 3 is 2.82 bits per heavy atom. The Hall–Kier alpha value is -0.120. The van der Waals surface area contributed by atoms with E-state index in [0.29, 0.717) is 17.4 Å². The fraction of sp³-hybridized carbons (Fsp3) is 1.00. The van der Waals surface area contributed by atoms with E-state index in [1.807, 2.05) is 0 Å². The van der Waals surface area contributed by atoms with Crippen molar-refractivity contribution < 1.29 is 4.74 Å². The van der Waals surface area contributed by atoms with Crippen molar-refractivity contribution >= 4 is 0 Å². The zero-order chi connectivity index (χ0) is 12.3. The van der Waals surface area contributed by atoms with Gasteiger partial charge in [0, 0.05) is 25.0 Å². The first kappa shape index (κ1) is 13.3. The molecule has 0 radical (unpaired) electrons. The van der Waals surface area contributed by atoms with Crippen LogP contribution in [0.2, 0.25) is 0 Å². The lowest BCUT2D eigenvalue weighted by Crippen LogP contribution is -2.41. The van der Waals surface area contributed by atoms with Crippen molar-refractivity contribution in [1.82, 2.24) is 10.2 Å². The predicted molar refractivity (Wildman–Crippen MR) is 71.2 cm³/mol. The molecule has 2 aliphatic rings. The van der Waals surface area contributed by atoms with Gasteiger partial charge < -0.3 is 15.0 Å². The van der Waals surface area contributed by atoms with Crippen molar-refractivity contribution in [1.29, 1.82) is 0 Å². The first-order valence-electron chi connectivity index (χ1n) is 7.14. The van der Waals surface area contributed by atoms with Crippen LogP contribution in [-0.4, -0.2) is 50.3 Å². The minimum absolute atomic E-state index is 0.520. The van der Waals surface area contributed by atoms with E-state index in [9.17, 15) is 0 Å². The van der Waals surface area contributed by atoms with Crippen LogP contribution in [0, 0.1) is 11.3 Å². The normalized spacial score (nSPS) is 33.4. The van der Waals surface area contributed by atoms with Crippen LogP contribution in [0.1, 0.15) is 33.6 Å². The molecule has 0 aromatic carbocycles. The monoisotopic (exact) mass is 240 g/mol. The summed E-state index contributed by atoms with van der Waals surface area (Å²) in [6, 6.07) is 0.582. The molecular weight excluding hydrogens is 212 g/mol. The second kappa shape index (κ2) is 5.68. The summed E-state index contributed by atoms with van der Waals surface area (Å²) >= 11 is 0. The third-order valence-electron chi connectivity index (χ3n) is 4.10. The average molecular weight is 240 g/mol. The van der Waals surface area contributed by atoms with E-state index < -0.39 is 0 Å². The lowest BCUT2D eigenvalue weighted by molar-refractivity contribution is 0.170. The number of ether oxygens (including phenoxy) is 1. The van der Waals surface area contributed by atoms with E-state index in [0.717, 1.165) is 19.8 Å². The van der Waals surface area contributed by atoms with Gasteiger partial charge in [0.2, 0.25) is 0 Å². The van der Waals surface area contributed by atoms with Gasteiger partial charge in [-0.15, -0.1) is 0 Å². The minimum Gasteiger partial charge on any atom is -0.379 e. The van der Waals surface area contributed by atoms with Gasteiger partial charge in [0.1, 0.15) is 0 Å². The summed E-state index contributed by atoms with van der Waals surface area (Å²) < 4.78 is 5.64. The fourth-order valence-corrected chi connectivity index (χ4v) is 3.05. The molecule has 0 spiro atoms. The summed E-state index contributed by atoms with van der Waals surface area (Å²) in [5.74, 6) is 0.690. The van der Waals surface area contributed by atoms with Crippen LogP contribution in [-0.2, 0) is 4.74 Å². The smallest absolute Gasteiger partial charge is 0.0623 e.